The first kappa shape index (κ1) is 16.1. The molecule has 0 aliphatic carbocycles. The number of aliphatic imine (C=N–C) groups is 1. The Kier molecular flexibility index (Phi) is 4.57. The molecule has 1 atom stereocenters. The topological polar surface area (TPSA) is 70.6 Å². The second-order valence-corrected chi connectivity index (χ2v) is 5.64. The summed E-state index contributed by atoms with van der Waals surface area (Å²) in [5, 5.41) is 5.47. The van der Waals surface area contributed by atoms with Crippen LogP contribution < -0.4 is 10.6 Å². The highest BCUT2D eigenvalue weighted by atomic mass is 35.5. The molecule has 0 aromatic heterocycles. The molecule has 0 saturated carbocycles. The maximum absolute atomic E-state index is 13.2. The summed E-state index contributed by atoms with van der Waals surface area (Å²) >= 11 is 6.14. The van der Waals surface area contributed by atoms with E-state index in [1.54, 1.807) is 24.3 Å². The fraction of sp³-hybridized carbons (Fsp3) is 0.118. The van der Waals surface area contributed by atoms with E-state index in [9.17, 15) is 14.0 Å². The van der Waals surface area contributed by atoms with Gasteiger partial charge in [-0.1, -0.05) is 35.9 Å². The molecule has 2 N–H and O–H groups in total. The largest absolute Gasteiger partial charge is 0.296 e. The number of hydrogen-bond donors (Lipinski definition) is 2. The second-order valence-electron chi connectivity index (χ2n) is 5.23. The van der Waals surface area contributed by atoms with Gasteiger partial charge in [0, 0.05) is 10.6 Å². The van der Waals surface area contributed by atoms with Crippen LogP contribution in [-0.2, 0) is 4.79 Å². The van der Waals surface area contributed by atoms with Crippen LogP contribution in [-0.4, -0.2) is 17.8 Å². The zero-order valence-corrected chi connectivity index (χ0v) is 13.2. The summed E-state index contributed by atoms with van der Waals surface area (Å²) in [5.41, 5.74) is 0.832. The minimum atomic E-state index is -0.562. The molecule has 1 aliphatic rings. The van der Waals surface area contributed by atoms with Crippen molar-refractivity contribution in [3.05, 3.63) is 70.5 Å². The summed E-state index contributed by atoms with van der Waals surface area (Å²) < 4.78 is 13.2. The standard InChI is InChI=1S/C17H13ClFN3O2/c18-13-7-2-1-6-12(13)14-9-15(23)21-17(20-14)22-16(24)10-4-3-5-11(19)8-10/h1-8,14H,9H2,(H2,20,21,22,23,24)/t14-/m0/s1. The lowest BCUT2D eigenvalue weighted by Crippen LogP contribution is -2.47. The van der Waals surface area contributed by atoms with E-state index in [0.717, 1.165) is 6.07 Å². The Hall–Kier alpha value is -2.73. The number of carbonyl (C=O) groups is 2. The van der Waals surface area contributed by atoms with Crippen LogP contribution in [0.3, 0.4) is 0 Å². The number of halogens is 2. The van der Waals surface area contributed by atoms with Crippen LogP contribution in [0.2, 0.25) is 5.02 Å². The van der Waals surface area contributed by atoms with Crippen LogP contribution in [0.25, 0.3) is 0 Å². The van der Waals surface area contributed by atoms with Crippen LogP contribution in [0, 0.1) is 5.82 Å². The zero-order chi connectivity index (χ0) is 17.1. The van der Waals surface area contributed by atoms with E-state index < -0.39 is 17.8 Å². The van der Waals surface area contributed by atoms with Gasteiger partial charge < -0.3 is 0 Å². The van der Waals surface area contributed by atoms with Crippen molar-refractivity contribution in [2.45, 2.75) is 12.5 Å². The summed E-state index contributed by atoms with van der Waals surface area (Å²) in [6, 6.07) is 11.8. The van der Waals surface area contributed by atoms with Crippen molar-refractivity contribution < 1.29 is 14.0 Å². The SMILES string of the molecule is O=C1C[C@@H](c2ccccc2Cl)N=C(NC(=O)c2cccc(F)c2)N1. The lowest BCUT2D eigenvalue weighted by Gasteiger charge is -2.22. The number of benzene rings is 2. The van der Waals surface area contributed by atoms with Gasteiger partial charge in [-0.3, -0.25) is 20.2 Å². The van der Waals surface area contributed by atoms with Crippen molar-refractivity contribution >= 4 is 29.4 Å². The molecule has 1 aliphatic heterocycles. The third-order valence-electron chi connectivity index (χ3n) is 3.50. The number of rotatable bonds is 2. The number of amides is 2. The quantitative estimate of drug-likeness (QED) is 0.878. The molecule has 0 fully saturated rings. The Morgan fingerprint density at radius 1 is 1.25 bits per heavy atom. The van der Waals surface area contributed by atoms with E-state index in [-0.39, 0.29) is 23.9 Å². The van der Waals surface area contributed by atoms with Gasteiger partial charge in [-0.15, -0.1) is 0 Å². The highest BCUT2D eigenvalue weighted by Crippen LogP contribution is 2.29. The van der Waals surface area contributed by atoms with Crippen molar-refractivity contribution in [3.63, 3.8) is 0 Å². The molecule has 7 heteroatoms. The van der Waals surface area contributed by atoms with Crippen molar-refractivity contribution in [2.24, 2.45) is 4.99 Å². The molecule has 0 unspecified atom stereocenters. The average molecular weight is 346 g/mol. The van der Waals surface area contributed by atoms with E-state index in [0.29, 0.717) is 10.6 Å². The number of guanidine groups is 1. The number of hydrogen-bond acceptors (Lipinski definition) is 3. The maximum atomic E-state index is 13.2. The molecule has 2 aromatic carbocycles. The van der Waals surface area contributed by atoms with E-state index in [1.165, 1.54) is 18.2 Å². The monoisotopic (exact) mass is 345 g/mol. The Balaban J connectivity index is 1.83. The molecule has 5 nitrogen and oxygen atoms in total. The fourth-order valence-electron chi connectivity index (χ4n) is 2.39. The highest BCUT2D eigenvalue weighted by Gasteiger charge is 2.25. The van der Waals surface area contributed by atoms with Crippen LogP contribution in [0.5, 0.6) is 0 Å². The molecule has 2 aromatic rings. The predicted molar refractivity (Wildman–Crippen MR) is 88.3 cm³/mol. The molecule has 3 rings (SSSR count). The minimum absolute atomic E-state index is 0.0189. The molecule has 2 amide bonds. The van der Waals surface area contributed by atoms with Crippen LogP contribution >= 0.6 is 11.6 Å². The smallest absolute Gasteiger partial charge is 0.258 e. The van der Waals surface area contributed by atoms with Crippen molar-refractivity contribution in [1.29, 1.82) is 0 Å². The van der Waals surface area contributed by atoms with Crippen LogP contribution in [0.15, 0.2) is 53.5 Å². The van der Waals surface area contributed by atoms with Gasteiger partial charge in [0.25, 0.3) is 5.91 Å². The normalized spacial score (nSPS) is 17.0. The van der Waals surface area contributed by atoms with E-state index in [1.807, 2.05) is 0 Å². The maximum Gasteiger partial charge on any atom is 0.258 e. The van der Waals surface area contributed by atoms with Crippen molar-refractivity contribution in [3.8, 4) is 0 Å². The van der Waals surface area contributed by atoms with Gasteiger partial charge in [0.05, 0.1) is 12.5 Å². The molecular weight excluding hydrogens is 333 g/mol. The van der Waals surface area contributed by atoms with Gasteiger partial charge in [0.15, 0.2) is 0 Å². The van der Waals surface area contributed by atoms with Gasteiger partial charge in [-0.2, -0.15) is 0 Å². The van der Waals surface area contributed by atoms with E-state index in [4.69, 9.17) is 11.6 Å². The van der Waals surface area contributed by atoms with Crippen LogP contribution in [0.1, 0.15) is 28.4 Å². The second kappa shape index (κ2) is 6.80. The summed E-state index contributed by atoms with van der Waals surface area (Å²) in [6.07, 6.45) is 0.128. The van der Waals surface area contributed by atoms with Gasteiger partial charge in [0.2, 0.25) is 11.9 Å². The number of nitrogens with zero attached hydrogens (tertiary/aromatic N) is 1. The lowest BCUT2D eigenvalue weighted by atomic mass is 10.0. The Labute approximate surface area is 142 Å². The summed E-state index contributed by atoms with van der Waals surface area (Å²) in [6.45, 7) is 0. The number of nitrogens with one attached hydrogen (secondary N) is 2. The fourth-order valence-corrected chi connectivity index (χ4v) is 2.65. The van der Waals surface area contributed by atoms with Crippen molar-refractivity contribution in [2.75, 3.05) is 0 Å². The summed E-state index contributed by atoms with van der Waals surface area (Å²) in [4.78, 5) is 28.4. The van der Waals surface area contributed by atoms with Gasteiger partial charge >= 0.3 is 0 Å². The molecule has 0 radical (unpaired) electrons. The van der Waals surface area contributed by atoms with Crippen LogP contribution in [0.4, 0.5) is 4.39 Å². The first-order valence-electron chi connectivity index (χ1n) is 7.22. The van der Waals surface area contributed by atoms with Gasteiger partial charge in [0.1, 0.15) is 5.82 Å². The molecule has 24 heavy (non-hydrogen) atoms. The predicted octanol–water partition coefficient (Wildman–Crippen LogP) is 2.83. The van der Waals surface area contributed by atoms with E-state index in [2.05, 4.69) is 15.6 Å². The third-order valence-corrected chi connectivity index (χ3v) is 3.85. The Morgan fingerprint density at radius 3 is 2.79 bits per heavy atom. The highest BCUT2D eigenvalue weighted by molar-refractivity contribution is 6.31. The average Bonchev–Trinajstić information content (AvgIpc) is 2.54. The molecule has 0 saturated heterocycles. The van der Waals surface area contributed by atoms with Gasteiger partial charge in [-0.25, -0.2) is 9.38 Å². The zero-order valence-electron chi connectivity index (χ0n) is 12.4. The molecule has 122 valence electrons. The molecule has 0 spiro atoms. The van der Waals surface area contributed by atoms with E-state index >= 15 is 0 Å². The molecule has 0 bridgehead atoms. The third kappa shape index (κ3) is 3.60. The first-order valence-corrected chi connectivity index (χ1v) is 7.60. The van der Waals surface area contributed by atoms with Gasteiger partial charge in [-0.05, 0) is 29.8 Å². The Morgan fingerprint density at radius 2 is 2.04 bits per heavy atom. The minimum Gasteiger partial charge on any atom is -0.296 e. The first-order chi connectivity index (χ1) is 11.5. The summed E-state index contributed by atoms with van der Waals surface area (Å²) in [5.74, 6) is -1.35. The Bertz CT molecular complexity index is 838. The lowest BCUT2D eigenvalue weighted by molar-refractivity contribution is -0.120. The van der Waals surface area contributed by atoms with Crippen molar-refractivity contribution in [1.82, 2.24) is 10.6 Å². The summed E-state index contributed by atoms with van der Waals surface area (Å²) in [7, 11) is 0. The molecular formula is C17H13ClFN3O2. The number of carbonyl (C=O) groups excluding carboxylic acids is 2. The molecule has 1 heterocycles.